The molecule has 4 heteroatoms. The number of hydrogen-bond acceptors (Lipinski definition) is 3. The molecule has 0 aliphatic heterocycles. The van der Waals surface area contributed by atoms with Crippen molar-refractivity contribution in [2.75, 3.05) is 19.8 Å². The first kappa shape index (κ1) is 25.3. The van der Waals surface area contributed by atoms with E-state index in [2.05, 4.69) is 0 Å². The fourth-order valence-electron chi connectivity index (χ4n) is 0. The molecule has 3 nitrogen and oxygen atoms in total. The van der Waals surface area contributed by atoms with Crippen LogP contribution < -0.4 is 15.3 Å². The second-order valence-electron chi connectivity index (χ2n) is 4.68. The number of rotatable bonds is 3. The Labute approximate surface area is 112 Å². The predicted octanol–water partition coefficient (Wildman–Crippen LogP) is -0.373. The summed E-state index contributed by atoms with van der Waals surface area (Å²) in [6, 6.07) is 0. The van der Waals surface area contributed by atoms with E-state index >= 15 is 0 Å². The van der Waals surface area contributed by atoms with Gasteiger partial charge in [0.15, 0.2) is 0 Å². The van der Waals surface area contributed by atoms with Crippen LogP contribution in [0.15, 0.2) is 0 Å². The van der Waals surface area contributed by atoms with Gasteiger partial charge in [0.2, 0.25) is 0 Å². The monoisotopic (exact) mass is 246 g/mol. The highest BCUT2D eigenvalue weighted by Gasteiger charge is 1.74. The maximum atomic E-state index is 9.63. The zero-order valence-electron chi connectivity index (χ0n) is 11.7. The lowest BCUT2D eigenvalue weighted by Gasteiger charge is -2.03. The molecule has 0 atom stereocenters. The van der Waals surface area contributed by atoms with Gasteiger partial charge in [0, 0.05) is 17.4 Å². The van der Waals surface area contributed by atoms with E-state index in [-0.39, 0.29) is 37.2 Å². The van der Waals surface area contributed by atoms with Crippen molar-refractivity contribution in [1.29, 1.82) is 0 Å². The smallest absolute Gasteiger partial charge is 0 e. The van der Waals surface area contributed by atoms with Crippen LogP contribution in [0.4, 0.5) is 0 Å². The Bertz CT molecular complexity index is 77.2. The molecule has 0 rings (SSSR count). The van der Waals surface area contributed by atoms with Crippen molar-refractivity contribution >= 4 is 17.4 Å². The van der Waals surface area contributed by atoms with Crippen LogP contribution in [0, 0.1) is 17.8 Å². The van der Waals surface area contributed by atoms with Crippen LogP contribution in [-0.4, -0.2) is 37.2 Å². The Morgan fingerprint density at radius 2 is 0.625 bits per heavy atom. The van der Waals surface area contributed by atoms with Crippen LogP contribution in [0.25, 0.3) is 0 Å². The zero-order chi connectivity index (χ0) is 12.9. The average Bonchev–Trinajstić information content (AvgIpc) is 2.19. The van der Waals surface area contributed by atoms with Crippen LogP contribution in [-0.2, 0) is 0 Å². The lowest BCUT2D eigenvalue weighted by molar-refractivity contribution is -0.377. The van der Waals surface area contributed by atoms with Gasteiger partial charge in [0.25, 0.3) is 0 Å². The topological polar surface area (TPSA) is 69.2 Å². The lowest BCUT2D eigenvalue weighted by atomic mass is 10.2. The molecule has 0 saturated heterocycles. The summed E-state index contributed by atoms with van der Waals surface area (Å²) in [7, 11) is 0. The van der Waals surface area contributed by atoms with E-state index in [9.17, 15) is 15.3 Å². The third-order valence-electron chi connectivity index (χ3n) is 1.00. The van der Waals surface area contributed by atoms with Gasteiger partial charge in [-0.25, -0.2) is 0 Å². The van der Waals surface area contributed by atoms with E-state index in [1.807, 2.05) is 41.5 Å². The van der Waals surface area contributed by atoms with Crippen molar-refractivity contribution in [1.82, 2.24) is 0 Å². The second kappa shape index (κ2) is 20.8. The molecular formula is C12H27AlO3-3. The quantitative estimate of drug-likeness (QED) is 0.638. The molecule has 0 bridgehead atoms. The minimum absolute atomic E-state index is 0. The molecule has 0 amide bonds. The molecule has 0 fully saturated rings. The van der Waals surface area contributed by atoms with Crippen LogP contribution >= 0.6 is 0 Å². The van der Waals surface area contributed by atoms with Gasteiger partial charge >= 0.3 is 0 Å². The fraction of sp³-hybridized carbons (Fsp3) is 1.00. The minimum Gasteiger partial charge on any atom is -0.854 e. The van der Waals surface area contributed by atoms with E-state index in [1.165, 1.54) is 0 Å². The molecule has 0 aliphatic rings. The molecule has 16 heavy (non-hydrogen) atoms. The van der Waals surface area contributed by atoms with Gasteiger partial charge in [0.1, 0.15) is 0 Å². The summed E-state index contributed by atoms with van der Waals surface area (Å²) in [5, 5.41) is 28.9. The molecule has 0 N–H and O–H groups in total. The van der Waals surface area contributed by atoms with Crippen LogP contribution in [0.3, 0.4) is 0 Å². The largest absolute Gasteiger partial charge is 0.854 e. The van der Waals surface area contributed by atoms with Crippen molar-refractivity contribution in [2.24, 2.45) is 17.8 Å². The molecule has 0 aliphatic carbocycles. The summed E-state index contributed by atoms with van der Waals surface area (Å²) in [5.41, 5.74) is 0. The van der Waals surface area contributed by atoms with E-state index in [0.717, 1.165) is 0 Å². The maximum absolute atomic E-state index is 9.63. The molecule has 0 aromatic carbocycles. The third kappa shape index (κ3) is 63.1. The van der Waals surface area contributed by atoms with Crippen molar-refractivity contribution in [3.8, 4) is 0 Å². The van der Waals surface area contributed by atoms with Gasteiger partial charge < -0.3 is 15.3 Å². The Balaban J connectivity index is -0.0000000655. The molecular weight excluding hydrogens is 219 g/mol. The molecule has 0 aromatic rings. The van der Waals surface area contributed by atoms with E-state index < -0.39 is 0 Å². The highest BCUT2D eigenvalue weighted by molar-refractivity contribution is 5.75. The Morgan fingerprint density at radius 1 is 0.562 bits per heavy atom. The molecule has 0 saturated carbocycles. The lowest BCUT2D eigenvalue weighted by Crippen LogP contribution is -2.11. The van der Waals surface area contributed by atoms with Gasteiger partial charge in [-0.15, -0.1) is 19.8 Å². The summed E-state index contributed by atoms with van der Waals surface area (Å²) >= 11 is 0. The van der Waals surface area contributed by atoms with Crippen molar-refractivity contribution in [2.45, 2.75) is 41.5 Å². The van der Waals surface area contributed by atoms with Gasteiger partial charge in [-0.3, -0.25) is 0 Å². The van der Waals surface area contributed by atoms with E-state index in [4.69, 9.17) is 0 Å². The van der Waals surface area contributed by atoms with Gasteiger partial charge in [0.05, 0.1) is 0 Å². The fourth-order valence-corrected chi connectivity index (χ4v) is 0. The summed E-state index contributed by atoms with van der Waals surface area (Å²) in [6.07, 6.45) is 0. The Kier molecular flexibility index (Phi) is 32.9. The third-order valence-corrected chi connectivity index (χ3v) is 1.00. The van der Waals surface area contributed by atoms with E-state index in [1.54, 1.807) is 0 Å². The van der Waals surface area contributed by atoms with E-state index in [0.29, 0.717) is 17.8 Å². The summed E-state index contributed by atoms with van der Waals surface area (Å²) in [5.74, 6) is 0.986. The molecule has 0 spiro atoms. The first-order valence-electron chi connectivity index (χ1n) is 5.55. The Hall–Kier alpha value is 0.412. The number of hydrogen-bond donors (Lipinski definition) is 0. The standard InChI is InChI=1S/3C4H9O.Al/c3*1-4(2)3-5;/h3*4H,3H2,1-2H3;/q3*-1;. The van der Waals surface area contributed by atoms with Gasteiger partial charge in [-0.1, -0.05) is 59.3 Å². The highest BCUT2D eigenvalue weighted by atomic mass is 27.0. The molecule has 99 valence electrons. The van der Waals surface area contributed by atoms with Gasteiger partial charge in [-0.2, -0.15) is 0 Å². The summed E-state index contributed by atoms with van der Waals surface area (Å²) in [6.45, 7) is 11.6. The molecule has 3 radical (unpaired) electrons. The molecule has 0 heterocycles. The van der Waals surface area contributed by atoms with Crippen LogP contribution in [0.5, 0.6) is 0 Å². The highest BCUT2D eigenvalue weighted by Crippen LogP contribution is 1.81. The maximum Gasteiger partial charge on any atom is 0 e. The average molecular weight is 246 g/mol. The molecule has 0 unspecified atom stereocenters. The minimum atomic E-state index is 0. The summed E-state index contributed by atoms with van der Waals surface area (Å²) < 4.78 is 0. The summed E-state index contributed by atoms with van der Waals surface area (Å²) in [4.78, 5) is 0. The van der Waals surface area contributed by atoms with Crippen molar-refractivity contribution < 1.29 is 15.3 Å². The van der Waals surface area contributed by atoms with Gasteiger partial charge in [-0.05, 0) is 0 Å². The van der Waals surface area contributed by atoms with Crippen LogP contribution in [0.1, 0.15) is 41.5 Å². The molecule has 0 aromatic heterocycles. The van der Waals surface area contributed by atoms with Crippen molar-refractivity contribution in [3.05, 3.63) is 0 Å². The predicted molar refractivity (Wildman–Crippen MR) is 64.9 cm³/mol. The van der Waals surface area contributed by atoms with Crippen LogP contribution in [0.2, 0.25) is 0 Å². The zero-order valence-corrected chi connectivity index (χ0v) is 12.8. The Morgan fingerprint density at radius 3 is 0.625 bits per heavy atom. The SMILES string of the molecule is CC(C)C[O-].CC(C)C[O-].CC(C)C[O-].[Al]. The van der Waals surface area contributed by atoms with Crippen molar-refractivity contribution in [3.63, 3.8) is 0 Å². The first-order valence-corrected chi connectivity index (χ1v) is 5.55. The second-order valence-corrected chi connectivity index (χ2v) is 4.68. The first-order chi connectivity index (χ1) is 6.81. The normalized spacial score (nSPS) is 9.00.